The van der Waals surface area contributed by atoms with Crippen molar-refractivity contribution in [1.29, 1.82) is 0 Å². The van der Waals surface area contributed by atoms with Gasteiger partial charge in [0.15, 0.2) is 0 Å². The summed E-state index contributed by atoms with van der Waals surface area (Å²) in [4.78, 5) is 19.2. The van der Waals surface area contributed by atoms with Crippen LogP contribution in [-0.4, -0.2) is 16.1 Å². The molecule has 0 N–H and O–H groups in total. The predicted molar refractivity (Wildman–Crippen MR) is 50.9 cm³/mol. The molecule has 3 nitrogen and oxygen atoms in total. The molecule has 0 fully saturated rings. The number of hydrogen-bond donors (Lipinski definition) is 0. The van der Waals surface area contributed by atoms with Crippen LogP contribution in [0.3, 0.4) is 0 Å². The van der Waals surface area contributed by atoms with Crippen molar-refractivity contribution in [2.24, 2.45) is 4.99 Å². The minimum Gasteiger partial charge on any atom is -0.265 e. The van der Waals surface area contributed by atoms with E-state index in [0.29, 0.717) is 10.6 Å². The zero-order chi connectivity index (χ0) is 9.14. The summed E-state index contributed by atoms with van der Waals surface area (Å²) in [5.41, 5.74) is 0.705. The quantitative estimate of drug-likeness (QED) is 0.512. The van der Waals surface area contributed by atoms with Crippen LogP contribution in [0.25, 0.3) is 0 Å². The summed E-state index contributed by atoms with van der Waals surface area (Å²) in [5, 5.41) is 2.90. The van der Waals surface area contributed by atoms with Gasteiger partial charge in [-0.25, -0.2) is 4.98 Å². The Balaban J connectivity index is 3.10. The number of amides is 1. The Morgan fingerprint density at radius 2 is 2.33 bits per heavy atom. The van der Waals surface area contributed by atoms with Crippen LogP contribution in [0.2, 0.25) is 0 Å². The maximum atomic E-state index is 11.2. The van der Waals surface area contributed by atoms with Crippen LogP contribution in [0.4, 0.5) is 0 Å². The largest absolute Gasteiger partial charge is 0.297 e. The third kappa shape index (κ3) is 1.82. The molecule has 0 saturated carbocycles. The molecule has 1 aromatic rings. The molecule has 1 rings (SSSR count). The topological polar surface area (TPSA) is 42.3 Å². The van der Waals surface area contributed by atoms with E-state index in [-0.39, 0.29) is 5.91 Å². The molecule has 0 atom stereocenters. The van der Waals surface area contributed by atoms with E-state index in [1.165, 1.54) is 11.3 Å². The number of thiazole rings is 1. The zero-order valence-electron chi connectivity index (χ0n) is 6.62. The van der Waals surface area contributed by atoms with Gasteiger partial charge in [-0.3, -0.25) is 4.79 Å². The number of aromatic nitrogens is 1. The number of nitrogens with zero attached hydrogens (tertiary/aromatic N) is 2. The maximum absolute atomic E-state index is 11.2. The highest BCUT2D eigenvalue weighted by molar-refractivity contribution is 7.78. The molecular formula is C7H6N2OS2. The van der Waals surface area contributed by atoms with Gasteiger partial charge < -0.3 is 0 Å². The van der Waals surface area contributed by atoms with Crippen LogP contribution in [0, 0.1) is 13.8 Å². The van der Waals surface area contributed by atoms with Crippen LogP contribution in [0.1, 0.15) is 20.4 Å². The molecule has 5 heteroatoms. The van der Waals surface area contributed by atoms with Gasteiger partial charge in [0, 0.05) is 0 Å². The molecule has 0 saturated heterocycles. The molecule has 0 radical (unpaired) electrons. The molecule has 12 heavy (non-hydrogen) atoms. The van der Waals surface area contributed by atoms with Crippen molar-refractivity contribution in [1.82, 2.24) is 4.98 Å². The van der Waals surface area contributed by atoms with Gasteiger partial charge in [0.1, 0.15) is 4.88 Å². The van der Waals surface area contributed by atoms with Gasteiger partial charge in [0.05, 0.1) is 15.9 Å². The van der Waals surface area contributed by atoms with Crippen molar-refractivity contribution >= 4 is 34.6 Å². The molecule has 1 heterocycles. The van der Waals surface area contributed by atoms with Crippen LogP contribution in [-0.2, 0) is 0 Å². The van der Waals surface area contributed by atoms with Gasteiger partial charge in [-0.15, -0.1) is 11.3 Å². The average Bonchev–Trinajstić information content (AvgIpc) is 2.30. The Labute approximate surface area is 79.2 Å². The van der Waals surface area contributed by atoms with Gasteiger partial charge in [-0.1, -0.05) is 0 Å². The lowest BCUT2D eigenvalue weighted by Gasteiger charge is -1.85. The standard InChI is InChI=1S/C7H6N2OS2/c1-4-6(7(10)8-3-11)12-5(2)9-4/h1-2H3. The van der Waals surface area contributed by atoms with E-state index in [2.05, 4.69) is 22.2 Å². The van der Waals surface area contributed by atoms with Crippen LogP contribution in [0.15, 0.2) is 4.99 Å². The van der Waals surface area contributed by atoms with E-state index in [9.17, 15) is 4.79 Å². The van der Waals surface area contributed by atoms with Crippen LogP contribution in [0.5, 0.6) is 0 Å². The summed E-state index contributed by atoms with van der Waals surface area (Å²) < 4.78 is 0. The number of isothiocyanates is 1. The highest BCUT2D eigenvalue weighted by Crippen LogP contribution is 2.17. The SMILES string of the molecule is Cc1nc(C)c(C(=O)N=C=S)s1. The Hall–Kier alpha value is -0.900. The molecule has 0 spiro atoms. The molecule has 0 aliphatic heterocycles. The summed E-state index contributed by atoms with van der Waals surface area (Å²) in [6.45, 7) is 3.62. The molecule has 0 unspecified atom stereocenters. The molecule has 62 valence electrons. The number of rotatable bonds is 1. The van der Waals surface area contributed by atoms with Crippen molar-refractivity contribution < 1.29 is 4.79 Å². The zero-order valence-corrected chi connectivity index (χ0v) is 8.25. The van der Waals surface area contributed by atoms with Crippen molar-refractivity contribution in [3.8, 4) is 0 Å². The smallest absolute Gasteiger partial charge is 0.265 e. The van der Waals surface area contributed by atoms with Gasteiger partial charge in [-0.05, 0) is 26.1 Å². The molecule has 1 amide bonds. The summed E-state index contributed by atoms with van der Waals surface area (Å²) in [5.74, 6) is -0.354. The summed E-state index contributed by atoms with van der Waals surface area (Å²) in [6, 6.07) is 0. The Kier molecular flexibility index (Phi) is 2.81. The van der Waals surface area contributed by atoms with Gasteiger partial charge >= 0.3 is 0 Å². The van der Waals surface area contributed by atoms with Crippen molar-refractivity contribution in [2.45, 2.75) is 13.8 Å². The number of aryl methyl sites for hydroxylation is 2. The second kappa shape index (κ2) is 3.67. The predicted octanol–water partition coefficient (Wildman–Crippen LogP) is 2.00. The maximum Gasteiger partial charge on any atom is 0.297 e. The van der Waals surface area contributed by atoms with Crippen molar-refractivity contribution in [2.75, 3.05) is 0 Å². The third-order valence-corrected chi connectivity index (χ3v) is 2.40. The van der Waals surface area contributed by atoms with Crippen molar-refractivity contribution in [3.63, 3.8) is 0 Å². The second-order valence-corrected chi connectivity index (χ2v) is 3.54. The highest BCUT2D eigenvalue weighted by atomic mass is 32.1. The summed E-state index contributed by atoms with van der Waals surface area (Å²) >= 11 is 5.65. The fourth-order valence-corrected chi connectivity index (χ4v) is 1.71. The number of thiocarbonyl (C=S) groups is 1. The first-order valence-corrected chi connectivity index (χ1v) is 4.44. The number of carbonyl (C=O) groups is 1. The van der Waals surface area contributed by atoms with E-state index in [0.717, 1.165) is 5.01 Å². The summed E-state index contributed by atoms with van der Waals surface area (Å²) in [7, 11) is 0. The van der Waals surface area contributed by atoms with Crippen LogP contribution >= 0.6 is 23.6 Å². The molecular weight excluding hydrogens is 192 g/mol. The minimum atomic E-state index is -0.354. The number of hydrogen-bond acceptors (Lipinski definition) is 4. The fraction of sp³-hybridized carbons (Fsp3) is 0.286. The lowest BCUT2D eigenvalue weighted by molar-refractivity contribution is 0.101. The molecule has 0 aromatic carbocycles. The first-order valence-electron chi connectivity index (χ1n) is 3.21. The molecule has 0 bridgehead atoms. The average molecular weight is 198 g/mol. The lowest BCUT2D eigenvalue weighted by Crippen LogP contribution is -1.92. The number of carbonyl (C=O) groups excluding carboxylic acids is 1. The van der Waals surface area contributed by atoms with Crippen LogP contribution < -0.4 is 0 Å². The normalized spacial score (nSPS) is 9.17. The van der Waals surface area contributed by atoms with Gasteiger partial charge in [-0.2, -0.15) is 4.99 Å². The van der Waals surface area contributed by atoms with Gasteiger partial charge in [0.2, 0.25) is 0 Å². The molecule has 0 aliphatic rings. The van der Waals surface area contributed by atoms with E-state index in [4.69, 9.17) is 0 Å². The third-order valence-electron chi connectivity index (χ3n) is 1.24. The van der Waals surface area contributed by atoms with Crippen molar-refractivity contribution in [3.05, 3.63) is 15.6 Å². The Bertz CT molecular complexity index is 363. The lowest BCUT2D eigenvalue weighted by atomic mass is 10.4. The van der Waals surface area contributed by atoms with E-state index >= 15 is 0 Å². The Morgan fingerprint density at radius 1 is 1.67 bits per heavy atom. The summed E-state index contributed by atoms with van der Waals surface area (Å²) in [6.07, 6.45) is 0. The first kappa shape index (κ1) is 9.19. The number of aliphatic imine (C=N–C) groups is 1. The minimum absolute atomic E-state index is 0.354. The van der Waals surface area contributed by atoms with Gasteiger partial charge in [0.25, 0.3) is 5.91 Å². The van der Waals surface area contributed by atoms with E-state index in [1.807, 2.05) is 12.1 Å². The molecule has 0 aliphatic carbocycles. The second-order valence-electron chi connectivity index (χ2n) is 2.16. The van der Waals surface area contributed by atoms with E-state index in [1.54, 1.807) is 6.92 Å². The monoisotopic (exact) mass is 198 g/mol. The van der Waals surface area contributed by atoms with E-state index < -0.39 is 0 Å². The molecule has 1 aromatic heterocycles. The highest BCUT2D eigenvalue weighted by Gasteiger charge is 2.11. The Morgan fingerprint density at radius 3 is 2.75 bits per heavy atom. The fourth-order valence-electron chi connectivity index (χ4n) is 0.822. The first-order chi connectivity index (χ1) is 5.65.